The smallest absolute Gasteiger partial charge is 0.871 e. The van der Waals surface area contributed by atoms with Crippen molar-refractivity contribution in [1.29, 1.82) is 0 Å². The van der Waals surface area contributed by atoms with E-state index in [0.29, 0.717) is 6.20 Å². The van der Waals surface area contributed by atoms with Gasteiger partial charge in [-0.15, -0.1) is 0 Å². The van der Waals surface area contributed by atoms with Gasteiger partial charge in [0.2, 0.25) is 6.20 Å². The summed E-state index contributed by atoms with van der Waals surface area (Å²) < 4.78 is 0. The van der Waals surface area contributed by atoms with Gasteiger partial charge in [-0.2, -0.15) is 0 Å². The number of nitro groups is 1. The molecule has 0 aromatic rings. The molecule has 5 heteroatoms. The Labute approximate surface area is 68.6 Å². The molecule has 0 aromatic heterocycles. The van der Waals surface area contributed by atoms with Crippen LogP contribution in [0, 0.1) is 10.1 Å². The van der Waals surface area contributed by atoms with Gasteiger partial charge in [-0.1, -0.05) is 5.76 Å². The molecule has 0 aliphatic rings. The van der Waals surface area contributed by atoms with Gasteiger partial charge in [0.25, 0.3) is 0 Å². The zero-order valence-corrected chi connectivity index (χ0v) is 6.75. The summed E-state index contributed by atoms with van der Waals surface area (Å²) in [7, 11) is 0. The monoisotopic (exact) mass is 125 g/mol. The molecule has 0 N–H and O–H groups in total. The van der Waals surface area contributed by atoms with E-state index in [4.69, 9.17) is 0 Å². The topological polar surface area (TPSA) is 66.2 Å². The molecular formula is C3H4NNaO3. The Morgan fingerprint density at radius 2 is 2.12 bits per heavy atom. The molecule has 8 heavy (non-hydrogen) atoms. The van der Waals surface area contributed by atoms with Crippen LogP contribution in [0.3, 0.4) is 0 Å². The maximum absolute atomic E-state index is 9.76. The van der Waals surface area contributed by atoms with Crippen LogP contribution in [0.25, 0.3) is 0 Å². The molecule has 40 valence electrons. The Kier molecular flexibility index (Phi) is 6.89. The second-order valence-corrected chi connectivity index (χ2v) is 1.03. The fourth-order valence-corrected chi connectivity index (χ4v) is 0.148. The molecule has 0 spiro atoms. The van der Waals surface area contributed by atoms with Crippen LogP contribution in [0.2, 0.25) is 0 Å². The second kappa shape index (κ2) is 5.08. The first-order chi connectivity index (χ1) is 3.13. The maximum atomic E-state index is 9.76. The van der Waals surface area contributed by atoms with Crippen LogP contribution in [-0.2, 0) is 0 Å². The maximum Gasteiger partial charge on any atom is 1.00 e. The van der Waals surface area contributed by atoms with E-state index in [0.717, 1.165) is 6.92 Å². The Hall–Kier alpha value is -0.0600. The summed E-state index contributed by atoms with van der Waals surface area (Å²) in [4.78, 5) is 8.56. The molecule has 0 aromatic carbocycles. The van der Waals surface area contributed by atoms with Crippen LogP contribution >= 0.6 is 0 Å². The van der Waals surface area contributed by atoms with Gasteiger partial charge < -0.3 is 5.11 Å². The van der Waals surface area contributed by atoms with E-state index >= 15 is 0 Å². The number of allylic oxidation sites excluding steroid dienone is 1. The predicted molar refractivity (Wildman–Crippen MR) is 20.8 cm³/mol. The first-order valence-corrected chi connectivity index (χ1v) is 1.62. The Balaban J connectivity index is 0. The quantitative estimate of drug-likeness (QED) is 0.158. The summed E-state index contributed by atoms with van der Waals surface area (Å²) in [6, 6.07) is 0. The Morgan fingerprint density at radius 1 is 1.75 bits per heavy atom. The van der Waals surface area contributed by atoms with Crippen molar-refractivity contribution in [3.8, 4) is 0 Å². The van der Waals surface area contributed by atoms with Crippen molar-refractivity contribution in [2.24, 2.45) is 0 Å². The molecule has 0 heterocycles. The Morgan fingerprint density at radius 3 is 2.12 bits per heavy atom. The van der Waals surface area contributed by atoms with Gasteiger partial charge in [-0.05, 0) is 6.92 Å². The first kappa shape index (κ1) is 10.8. The summed E-state index contributed by atoms with van der Waals surface area (Å²) in [5, 5.41) is 19.1. The predicted octanol–water partition coefficient (Wildman–Crippen LogP) is -3.51. The number of hydrogen-bond acceptors (Lipinski definition) is 3. The van der Waals surface area contributed by atoms with Crippen molar-refractivity contribution >= 4 is 0 Å². The minimum atomic E-state index is -0.775. The van der Waals surface area contributed by atoms with E-state index in [9.17, 15) is 15.2 Å². The molecule has 0 saturated carbocycles. The molecule has 0 amide bonds. The molecule has 0 bridgehead atoms. The van der Waals surface area contributed by atoms with E-state index in [1.165, 1.54) is 0 Å². The van der Waals surface area contributed by atoms with Gasteiger partial charge in [-0.3, -0.25) is 10.1 Å². The van der Waals surface area contributed by atoms with E-state index in [1.54, 1.807) is 0 Å². The minimum absolute atomic E-state index is 0. The van der Waals surface area contributed by atoms with Crippen LogP contribution in [0.15, 0.2) is 12.0 Å². The zero-order chi connectivity index (χ0) is 5.86. The molecule has 0 fully saturated rings. The third-order valence-electron chi connectivity index (χ3n) is 0.287. The largest absolute Gasteiger partial charge is 1.00 e. The van der Waals surface area contributed by atoms with Gasteiger partial charge in [0, 0.05) is 0 Å². The average Bonchev–Trinajstić information content (AvgIpc) is 1.27. The van der Waals surface area contributed by atoms with Gasteiger partial charge in [0.15, 0.2) is 0 Å². The van der Waals surface area contributed by atoms with Crippen LogP contribution in [-0.4, -0.2) is 4.92 Å². The normalized spacial score (nSPS) is 9.88. The Bertz CT molecular complexity index is 107. The van der Waals surface area contributed by atoms with Crippen LogP contribution in [0.1, 0.15) is 6.92 Å². The van der Waals surface area contributed by atoms with Crippen LogP contribution < -0.4 is 34.7 Å². The molecule has 0 atom stereocenters. The molecule has 4 nitrogen and oxygen atoms in total. The number of hydrogen-bond donors (Lipinski definition) is 0. The summed E-state index contributed by atoms with van der Waals surface area (Å²) in [5.74, 6) is -0.537. The average molecular weight is 125 g/mol. The van der Waals surface area contributed by atoms with Gasteiger partial charge in [0.1, 0.15) is 0 Å². The van der Waals surface area contributed by atoms with Crippen LogP contribution in [0.5, 0.6) is 0 Å². The standard InChI is InChI=1S/C3H5NO3.Na/c1-3(5)2-4(6)7;/h2,5H,1H3;/q;+1/p-1. The molecule has 0 aliphatic carbocycles. The fraction of sp³-hybridized carbons (Fsp3) is 0.333. The molecule has 0 unspecified atom stereocenters. The molecule has 0 radical (unpaired) electrons. The summed E-state index contributed by atoms with van der Waals surface area (Å²) >= 11 is 0. The third kappa shape index (κ3) is 9.34. The molecule has 0 saturated heterocycles. The van der Waals surface area contributed by atoms with Crippen molar-refractivity contribution in [3.05, 3.63) is 22.1 Å². The van der Waals surface area contributed by atoms with Gasteiger partial charge in [0.05, 0.1) is 4.92 Å². The van der Waals surface area contributed by atoms with Crippen molar-refractivity contribution in [2.75, 3.05) is 0 Å². The number of rotatable bonds is 1. The van der Waals surface area contributed by atoms with E-state index < -0.39 is 10.7 Å². The van der Waals surface area contributed by atoms with E-state index in [2.05, 4.69) is 0 Å². The fourth-order valence-electron chi connectivity index (χ4n) is 0.148. The van der Waals surface area contributed by atoms with Gasteiger partial charge >= 0.3 is 29.6 Å². The second-order valence-electron chi connectivity index (χ2n) is 1.03. The van der Waals surface area contributed by atoms with Crippen molar-refractivity contribution in [3.63, 3.8) is 0 Å². The zero-order valence-electron chi connectivity index (χ0n) is 4.75. The van der Waals surface area contributed by atoms with Crippen molar-refractivity contribution in [2.45, 2.75) is 6.92 Å². The summed E-state index contributed by atoms with van der Waals surface area (Å²) in [6.07, 6.45) is 0.417. The SMILES string of the molecule is CC([O-])=C[N+](=O)[O-].[Na+]. The van der Waals surface area contributed by atoms with E-state index in [1.807, 2.05) is 0 Å². The third-order valence-corrected chi connectivity index (χ3v) is 0.287. The van der Waals surface area contributed by atoms with Crippen molar-refractivity contribution < 1.29 is 39.6 Å². The van der Waals surface area contributed by atoms with Gasteiger partial charge in [-0.25, -0.2) is 0 Å². The van der Waals surface area contributed by atoms with Crippen LogP contribution in [0.4, 0.5) is 0 Å². The summed E-state index contributed by atoms with van der Waals surface area (Å²) in [6.45, 7) is 1.13. The molecule has 0 aliphatic heterocycles. The van der Waals surface area contributed by atoms with Crippen molar-refractivity contribution in [1.82, 2.24) is 0 Å². The minimum Gasteiger partial charge on any atom is -0.871 e. The van der Waals surface area contributed by atoms with E-state index in [-0.39, 0.29) is 29.6 Å². The molecule has 0 rings (SSSR count). The number of nitrogens with zero attached hydrogens (tertiary/aromatic N) is 1. The molecular weight excluding hydrogens is 121 g/mol. The first-order valence-electron chi connectivity index (χ1n) is 1.62. The summed E-state index contributed by atoms with van der Waals surface area (Å²) in [5.41, 5.74) is 0.